The number of aryl methyl sites for hydroxylation is 2. The van der Waals surface area contributed by atoms with Gasteiger partial charge in [0.25, 0.3) is 0 Å². The fourth-order valence-electron chi connectivity index (χ4n) is 1.70. The molecule has 0 aliphatic carbocycles. The van der Waals surface area contributed by atoms with Crippen LogP contribution in [-0.4, -0.2) is 31.2 Å². The molecule has 22 heavy (non-hydrogen) atoms. The number of hydrogen-bond acceptors (Lipinski definition) is 8. The van der Waals surface area contributed by atoms with Crippen molar-refractivity contribution in [3.63, 3.8) is 0 Å². The molecule has 0 unspecified atom stereocenters. The van der Waals surface area contributed by atoms with Crippen molar-refractivity contribution in [2.24, 2.45) is 0 Å². The van der Waals surface area contributed by atoms with Crippen LogP contribution < -0.4 is 5.32 Å². The summed E-state index contributed by atoms with van der Waals surface area (Å²) in [5.74, 6) is 0.633. The molecule has 3 aromatic heterocycles. The number of pyridine rings is 1. The highest BCUT2D eigenvalue weighted by molar-refractivity contribution is 7.15. The summed E-state index contributed by atoms with van der Waals surface area (Å²) in [6.45, 7) is 1.82. The number of nitrogens with one attached hydrogen (secondary N) is 1. The molecule has 3 aromatic rings. The van der Waals surface area contributed by atoms with Crippen molar-refractivity contribution < 1.29 is 9.32 Å². The SMILES string of the molecule is Cc1nnc(NC(=O)CCc2nc(-c3ccccn3)no2)s1. The molecular formula is C13H12N6O2S. The molecule has 0 aliphatic heterocycles. The molecule has 0 spiro atoms. The average Bonchev–Trinajstić information content (AvgIpc) is 3.15. The fourth-order valence-corrected chi connectivity index (χ4v) is 2.31. The lowest BCUT2D eigenvalue weighted by Crippen LogP contribution is -2.12. The Labute approximate surface area is 129 Å². The minimum absolute atomic E-state index is 0.172. The number of carbonyl (C=O) groups excluding carboxylic acids is 1. The van der Waals surface area contributed by atoms with Gasteiger partial charge in [0.05, 0.1) is 0 Å². The molecule has 0 bridgehead atoms. The Balaban J connectivity index is 1.56. The van der Waals surface area contributed by atoms with Crippen LogP contribution in [0.3, 0.4) is 0 Å². The van der Waals surface area contributed by atoms with Gasteiger partial charge in [0.1, 0.15) is 10.7 Å². The molecule has 3 heterocycles. The second-order valence-corrected chi connectivity index (χ2v) is 5.58. The number of anilines is 1. The van der Waals surface area contributed by atoms with Gasteiger partial charge in [0.2, 0.25) is 22.8 Å². The van der Waals surface area contributed by atoms with E-state index >= 15 is 0 Å². The molecular weight excluding hydrogens is 304 g/mol. The van der Waals surface area contributed by atoms with Gasteiger partial charge in [-0.1, -0.05) is 22.6 Å². The lowest BCUT2D eigenvalue weighted by atomic mass is 10.3. The van der Waals surface area contributed by atoms with E-state index in [2.05, 4.69) is 30.6 Å². The standard InChI is InChI=1S/C13H12N6O2S/c1-8-17-18-13(22-8)15-10(20)5-6-11-16-12(19-21-11)9-4-2-3-7-14-9/h2-4,7H,5-6H2,1H3,(H,15,18,20). The molecule has 0 radical (unpaired) electrons. The van der Waals surface area contributed by atoms with Gasteiger partial charge < -0.3 is 9.84 Å². The van der Waals surface area contributed by atoms with Gasteiger partial charge in [-0.05, 0) is 19.1 Å². The van der Waals surface area contributed by atoms with Crippen LogP contribution in [0.1, 0.15) is 17.3 Å². The van der Waals surface area contributed by atoms with Crippen LogP contribution >= 0.6 is 11.3 Å². The van der Waals surface area contributed by atoms with Crippen molar-refractivity contribution in [2.75, 3.05) is 5.32 Å². The molecule has 0 saturated heterocycles. The molecule has 9 heteroatoms. The summed E-state index contributed by atoms with van der Waals surface area (Å²) in [6.07, 6.45) is 2.23. The van der Waals surface area contributed by atoms with Gasteiger partial charge in [0.15, 0.2) is 0 Å². The highest BCUT2D eigenvalue weighted by Gasteiger charge is 2.12. The Morgan fingerprint density at radius 1 is 1.36 bits per heavy atom. The van der Waals surface area contributed by atoms with E-state index in [9.17, 15) is 4.79 Å². The summed E-state index contributed by atoms with van der Waals surface area (Å²) < 4.78 is 5.12. The quantitative estimate of drug-likeness (QED) is 0.765. The Morgan fingerprint density at radius 3 is 3.00 bits per heavy atom. The van der Waals surface area contributed by atoms with Crippen molar-refractivity contribution in [1.82, 2.24) is 25.3 Å². The van der Waals surface area contributed by atoms with Crippen LogP contribution in [0.4, 0.5) is 5.13 Å². The van der Waals surface area contributed by atoms with Crippen LogP contribution in [0.2, 0.25) is 0 Å². The van der Waals surface area contributed by atoms with Gasteiger partial charge in [-0.25, -0.2) is 0 Å². The van der Waals surface area contributed by atoms with E-state index in [1.165, 1.54) is 11.3 Å². The second kappa shape index (κ2) is 6.39. The molecule has 8 nitrogen and oxygen atoms in total. The first-order valence-electron chi connectivity index (χ1n) is 6.54. The smallest absolute Gasteiger partial charge is 0.227 e. The first-order valence-corrected chi connectivity index (χ1v) is 7.36. The molecule has 1 N–H and O–H groups in total. The third-order valence-electron chi connectivity index (χ3n) is 2.70. The maximum absolute atomic E-state index is 11.8. The first kappa shape index (κ1) is 14.3. The van der Waals surface area contributed by atoms with Crippen LogP contribution in [-0.2, 0) is 11.2 Å². The maximum Gasteiger partial charge on any atom is 0.227 e. The molecule has 1 amide bonds. The van der Waals surface area contributed by atoms with E-state index in [-0.39, 0.29) is 12.3 Å². The molecule has 3 rings (SSSR count). The lowest BCUT2D eigenvalue weighted by Gasteiger charge is -1.97. The van der Waals surface area contributed by atoms with E-state index in [0.29, 0.717) is 29.0 Å². The predicted molar refractivity (Wildman–Crippen MR) is 79.1 cm³/mol. The Bertz CT molecular complexity index is 770. The highest BCUT2D eigenvalue weighted by Crippen LogP contribution is 2.15. The fraction of sp³-hybridized carbons (Fsp3) is 0.231. The number of rotatable bonds is 5. The number of amides is 1. The summed E-state index contributed by atoms with van der Waals surface area (Å²) in [5.41, 5.74) is 0.631. The summed E-state index contributed by atoms with van der Waals surface area (Å²) in [5, 5.41) is 15.5. The molecule has 112 valence electrons. The average molecular weight is 316 g/mol. The Morgan fingerprint density at radius 2 is 2.27 bits per heavy atom. The number of nitrogens with zero attached hydrogens (tertiary/aromatic N) is 5. The van der Waals surface area contributed by atoms with Gasteiger partial charge in [-0.3, -0.25) is 9.78 Å². The van der Waals surface area contributed by atoms with E-state index in [1.54, 1.807) is 12.3 Å². The lowest BCUT2D eigenvalue weighted by molar-refractivity contribution is -0.116. The minimum atomic E-state index is -0.172. The Hall–Kier alpha value is -2.68. The van der Waals surface area contributed by atoms with E-state index < -0.39 is 0 Å². The van der Waals surface area contributed by atoms with Gasteiger partial charge >= 0.3 is 0 Å². The normalized spacial score (nSPS) is 10.6. The van der Waals surface area contributed by atoms with E-state index in [0.717, 1.165) is 5.01 Å². The molecule has 0 aromatic carbocycles. The number of aromatic nitrogens is 5. The van der Waals surface area contributed by atoms with Crippen LogP contribution in [0, 0.1) is 6.92 Å². The topological polar surface area (TPSA) is 107 Å². The molecule has 0 atom stereocenters. The molecule has 0 saturated carbocycles. The third-order valence-corrected chi connectivity index (χ3v) is 3.45. The van der Waals surface area contributed by atoms with E-state index in [1.807, 2.05) is 19.1 Å². The molecule has 0 aliphatic rings. The minimum Gasteiger partial charge on any atom is -0.339 e. The van der Waals surface area contributed by atoms with Crippen molar-refractivity contribution in [1.29, 1.82) is 0 Å². The van der Waals surface area contributed by atoms with Crippen LogP contribution in [0.15, 0.2) is 28.9 Å². The summed E-state index contributed by atoms with van der Waals surface area (Å²) in [4.78, 5) is 20.2. The van der Waals surface area contributed by atoms with Crippen LogP contribution in [0.25, 0.3) is 11.5 Å². The van der Waals surface area contributed by atoms with Crippen molar-refractivity contribution in [3.05, 3.63) is 35.3 Å². The van der Waals surface area contributed by atoms with Gasteiger partial charge in [-0.2, -0.15) is 4.98 Å². The first-order chi connectivity index (χ1) is 10.7. The van der Waals surface area contributed by atoms with Crippen molar-refractivity contribution in [3.8, 4) is 11.5 Å². The highest BCUT2D eigenvalue weighted by atomic mass is 32.1. The summed E-state index contributed by atoms with van der Waals surface area (Å²) in [7, 11) is 0. The zero-order valence-corrected chi connectivity index (χ0v) is 12.5. The summed E-state index contributed by atoms with van der Waals surface area (Å²) in [6, 6.07) is 5.44. The van der Waals surface area contributed by atoms with E-state index in [4.69, 9.17) is 4.52 Å². The monoisotopic (exact) mass is 316 g/mol. The number of hydrogen-bond donors (Lipinski definition) is 1. The van der Waals surface area contributed by atoms with Crippen molar-refractivity contribution >= 4 is 22.4 Å². The van der Waals surface area contributed by atoms with Crippen LogP contribution in [0.5, 0.6) is 0 Å². The predicted octanol–water partition coefficient (Wildman–Crippen LogP) is 1.86. The number of carbonyl (C=O) groups is 1. The maximum atomic E-state index is 11.8. The van der Waals surface area contributed by atoms with Gasteiger partial charge in [-0.15, -0.1) is 10.2 Å². The zero-order valence-electron chi connectivity index (χ0n) is 11.7. The largest absolute Gasteiger partial charge is 0.339 e. The second-order valence-electron chi connectivity index (χ2n) is 4.40. The zero-order chi connectivity index (χ0) is 15.4. The van der Waals surface area contributed by atoms with Gasteiger partial charge in [0, 0.05) is 19.0 Å². The van der Waals surface area contributed by atoms with Crippen molar-refractivity contribution in [2.45, 2.75) is 19.8 Å². The Kier molecular flexibility index (Phi) is 4.15. The molecule has 0 fully saturated rings. The third kappa shape index (κ3) is 3.50. The summed E-state index contributed by atoms with van der Waals surface area (Å²) >= 11 is 1.33.